The fourth-order valence-corrected chi connectivity index (χ4v) is 1.90. The molecule has 1 aromatic rings. The van der Waals surface area contributed by atoms with Crippen molar-refractivity contribution in [3.8, 4) is 0 Å². The van der Waals surface area contributed by atoms with Gasteiger partial charge in [0.1, 0.15) is 6.17 Å². The Morgan fingerprint density at radius 3 is 2.26 bits per heavy atom. The van der Waals surface area contributed by atoms with Crippen LogP contribution in [-0.2, 0) is 11.2 Å². The maximum absolute atomic E-state index is 11.9. The summed E-state index contributed by atoms with van der Waals surface area (Å²) in [5.74, 6) is -0.198. The summed E-state index contributed by atoms with van der Waals surface area (Å²) in [5.41, 5.74) is 0.910. The number of rotatable bonds is 5. The summed E-state index contributed by atoms with van der Waals surface area (Å²) in [5, 5.41) is 5.70. The fraction of sp³-hybridized carbons (Fsp3) is 0.462. The Morgan fingerprint density at radius 2 is 1.79 bits per heavy atom. The van der Waals surface area contributed by atoms with Crippen molar-refractivity contribution < 1.29 is 4.79 Å². The molecule has 0 saturated heterocycles. The van der Waals surface area contributed by atoms with E-state index in [0.29, 0.717) is 0 Å². The van der Waals surface area contributed by atoms with E-state index in [9.17, 15) is 4.79 Å². The molecule has 1 rings (SSSR count). The van der Waals surface area contributed by atoms with Crippen LogP contribution in [0, 0.1) is 0 Å². The van der Waals surface area contributed by atoms with E-state index >= 15 is 0 Å². The normalized spacial score (nSPS) is 13.4. The first-order valence-electron chi connectivity index (χ1n) is 5.95. The van der Waals surface area contributed by atoms with Crippen molar-refractivity contribution in [2.45, 2.75) is 36.3 Å². The standard InChI is InChI=1S/C13H17Cl3N2O/c1-9(2)17-12(13(14,15)16)18-11(19)8-10-6-4-3-5-7-10/h3-7,9,12,17H,8H2,1-2H3,(H,18,19)/t12-/m0/s1. The first kappa shape index (κ1) is 16.6. The lowest BCUT2D eigenvalue weighted by Crippen LogP contribution is -2.55. The summed E-state index contributed by atoms with van der Waals surface area (Å²) < 4.78 is -1.60. The van der Waals surface area contributed by atoms with Crippen LogP contribution in [0.5, 0.6) is 0 Å². The molecule has 0 spiro atoms. The molecule has 0 radical (unpaired) electrons. The molecule has 1 atom stereocenters. The number of benzene rings is 1. The highest BCUT2D eigenvalue weighted by Gasteiger charge is 2.34. The van der Waals surface area contributed by atoms with Crippen LogP contribution in [0.25, 0.3) is 0 Å². The summed E-state index contributed by atoms with van der Waals surface area (Å²) in [6.45, 7) is 3.82. The smallest absolute Gasteiger partial charge is 0.225 e. The molecule has 1 amide bonds. The molecule has 1 aromatic carbocycles. The highest BCUT2D eigenvalue weighted by Crippen LogP contribution is 2.29. The van der Waals surface area contributed by atoms with Gasteiger partial charge in [0.2, 0.25) is 9.70 Å². The molecule has 0 saturated carbocycles. The van der Waals surface area contributed by atoms with Crippen molar-refractivity contribution in [3.05, 3.63) is 35.9 Å². The molecule has 3 nitrogen and oxygen atoms in total. The average Bonchev–Trinajstić information content (AvgIpc) is 2.27. The van der Waals surface area contributed by atoms with Gasteiger partial charge in [-0.2, -0.15) is 0 Å². The topological polar surface area (TPSA) is 41.1 Å². The number of carbonyl (C=O) groups excluding carboxylic acids is 1. The van der Waals surface area contributed by atoms with Gasteiger partial charge in [0, 0.05) is 6.04 Å². The van der Waals surface area contributed by atoms with Crippen LogP contribution in [0.2, 0.25) is 0 Å². The maximum Gasteiger partial charge on any atom is 0.225 e. The average molecular weight is 324 g/mol. The van der Waals surface area contributed by atoms with Crippen molar-refractivity contribution in [3.63, 3.8) is 0 Å². The van der Waals surface area contributed by atoms with Gasteiger partial charge in [0.15, 0.2) is 0 Å². The van der Waals surface area contributed by atoms with E-state index in [-0.39, 0.29) is 18.4 Å². The number of amides is 1. The molecule has 0 fully saturated rings. The molecule has 0 unspecified atom stereocenters. The maximum atomic E-state index is 11.9. The van der Waals surface area contributed by atoms with Gasteiger partial charge in [-0.3, -0.25) is 10.1 Å². The minimum Gasteiger partial charge on any atom is -0.336 e. The summed E-state index contributed by atoms with van der Waals surface area (Å²) in [6, 6.07) is 9.48. The number of carbonyl (C=O) groups is 1. The van der Waals surface area contributed by atoms with Gasteiger partial charge in [0.25, 0.3) is 0 Å². The number of hydrogen-bond donors (Lipinski definition) is 2. The largest absolute Gasteiger partial charge is 0.336 e. The third-order valence-electron chi connectivity index (χ3n) is 2.34. The molecule has 0 aliphatic carbocycles. The Kier molecular flexibility index (Phi) is 6.40. The van der Waals surface area contributed by atoms with Crippen molar-refractivity contribution in [2.24, 2.45) is 0 Å². The van der Waals surface area contributed by atoms with E-state index < -0.39 is 9.96 Å². The summed E-state index contributed by atoms with van der Waals surface area (Å²) in [6.07, 6.45) is -0.480. The van der Waals surface area contributed by atoms with Gasteiger partial charge in [-0.05, 0) is 19.4 Å². The fourth-order valence-electron chi connectivity index (χ4n) is 1.54. The van der Waals surface area contributed by atoms with E-state index in [4.69, 9.17) is 34.8 Å². The van der Waals surface area contributed by atoms with Crippen molar-refractivity contribution in [2.75, 3.05) is 0 Å². The van der Waals surface area contributed by atoms with Crippen molar-refractivity contribution >= 4 is 40.7 Å². The van der Waals surface area contributed by atoms with Gasteiger partial charge < -0.3 is 5.32 Å². The number of hydrogen-bond acceptors (Lipinski definition) is 2. The van der Waals surface area contributed by atoms with Crippen LogP contribution in [-0.4, -0.2) is 21.9 Å². The Morgan fingerprint density at radius 1 is 1.21 bits per heavy atom. The van der Waals surface area contributed by atoms with Gasteiger partial charge in [-0.25, -0.2) is 0 Å². The highest BCUT2D eigenvalue weighted by atomic mass is 35.6. The lowest BCUT2D eigenvalue weighted by atomic mass is 10.1. The Balaban J connectivity index is 2.61. The lowest BCUT2D eigenvalue weighted by molar-refractivity contribution is -0.121. The Hall–Kier alpha value is -0.480. The molecule has 0 aromatic heterocycles. The van der Waals surface area contributed by atoms with Crippen LogP contribution >= 0.6 is 34.8 Å². The number of nitrogens with one attached hydrogen (secondary N) is 2. The predicted octanol–water partition coefficient (Wildman–Crippen LogP) is 3.04. The molecule has 0 aliphatic heterocycles. The first-order chi connectivity index (χ1) is 8.79. The zero-order chi connectivity index (χ0) is 14.5. The third kappa shape index (κ3) is 6.48. The third-order valence-corrected chi connectivity index (χ3v) is 2.99. The second kappa shape index (κ2) is 7.34. The molecule has 6 heteroatoms. The summed E-state index contributed by atoms with van der Waals surface area (Å²) in [7, 11) is 0. The Labute approximate surface area is 128 Å². The summed E-state index contributed by atoms with van der Waals surface area (Å²) in [4.78, 5) is 11.9. The minimum atomic E-state index is -1.60. The highest BCUT2D eigenvalue weighted by molar-refractivity contribution is 6.68. The molecule has 19 heavy (non-hydrogen) atoms. The van der Waals surface area contributed by atoms with Gasteiger partial charge in [-0.1, -0.05) is 65.1 Å². The molecule has 0 aliphatic rings. The van der Waals surface area contributed by atoms with Crippen LogP contribution in [0.1, 0.15) is 19.4 Å². The quantitative estimate of drug-likeness (QED) is 0.646. The van der Waals surface area contributed by atoms with Gasteiger partial charge >= 0.3 is 0 Å². The van der Waals surface area contributed by atoms with Crippen molar-refractivity contribution in [1.82, 2.24) is 10.6 Å². The van der Waals surface area contributed by atoms with Gasteiger partial charge in [0.05, 0.1) is 6.42 Å². The van der Waals surface area contributed by atoms with Gasteiger partial charge in [-0.15, -0.1) is 0 Å². The van der Waals surface area contributed by atoms with Crippen LogP contribution in [0.15, 0.2) is 30.3 Å². The van der Waals surface area contributed by atoms with Crippen LogP contribution in [0.3, 0.4) is 0 Å². The molecule has 0 heterocycles. The zero-order valence-corrected chi connectivity index (χ0v) is 13.1. The monoisotopic (exact) mass is 322 g/mol. The van der Waals surface area contributed by atoms with Crippen LogP contribution < -0.4 is 10.6 Å². The molecular formula is C13H17Cl3N2O. The van der Waals surface area contributed by atoms with E-state index in [0.717, 1.165) is 5.56 Å². The van der Waals surface area contributed by atoms with E-state index in [1.54, 1.807) is 0 Å². The molecular weight excluding hydrogens is 307 g/mol. The first-order valence-corrected chi connectivity index (χ1v) is 7.08. The SMILES string of the molecule is CC(C)N[C@@H](NC(=O)Cc1ccccc1)C(Cl)(Cl)Cl. The Bertz CT molecular complexity index is 404. The van der Waals surface area contributed by atoms with Crippen molar-refractivity contribution in [1.29, 1.82) is 0 Å². The second-order valence-electron chi connectivity index (χ2n) is 4.53. The molecule has 2 N–H and O–H groups in total. The molecule has 106 valence electrons. The minimum absolute atomic E-state index is 0.0812. The van der Waals surface area contributed by atoms with E-state index in [1.807, 2.05) is 44.2 Å². The molecule has 0 bridgehead atoms. The number of alkyl halides is 3. The second-order valence-corrected chi connectivity index (χ2v) is 6.89. The number of halogens is 3. The lowest BCUT2D eigenvalue weighted by Gasteiger charge is -2.28. The summed E-state index contributed by atoms with van der Waals surface area (Å²) >= 11 is 17.5. The predicted molar refractivity (Wildman–Crippen MR) is 80.6 cm³/mol. The van der Waals surface area contributed by atoms with E-state index in [1.165, 1.54) is 0 Å². The van der Waals surface area contributed by atoms with Crippen LogP contribution in [0.4, 0.5) is 0 Å². The van der Waals surface area contributed by atoms with E-state index in [2.05, 4.69) is 10.6 Å². The zero-order valence-electron chi connectivity index (χ0n) is 10.8.